The first kappa shape index (κ1) is 10.7. The quantitative estimate of drug-likeness (QED) is 0.790. The van der Waals surface area contributed by atoms with E-state index in [9.17, 15) is 0 Å². The molecule has 17 heavy (non-hydrogen) atoms. The van der Waals surface area contributed by atoms with Gasteiger partial charge in [-0.2, -0.15) is 0 Å². The van der Waals surface area contributed by atoms with Crippen LogP contribution in [0.1, 0.15) is 23.2 Å². The maximum absolute atomic E-state index is 5.37. The number of rotatable bonds is 1. The maximum Gasteiger partial charge on any atom is 0.119 e. The summed E-state index contributed by atoms with van der Waals surface area (Å²) in [6.07, 6.45) is 2.35. The van der Waals surface area contributed by atoms with E-state index in [4.69, 9.17) is 4.74 Å². The number of aryl methyl sites for hydroxylation is 2. The molecule has 3 nitrogen and oxygen atoms in total. The first-order valence-corrected chi connectivity index (χ1v) is 6.18. The molecule has 90 valence electrons. The molecule has 0 bridgehead atoms. The molecule has 0 fully saturated rings. The average molecular weight is 230 g/mol. The number of hydrogen-bond donors (Lipinski definition) is 2. The van der Waals surface area contributed by atoms with Crippen LogP contribution in [0.2, 0.25) is 0 Å². The third-order valence-electron chi connectivity index (χ3n) is 3.59. The molecule has 2 heterocycles. The van der Waals surface area contributed by atoms with Gasteiger partial charge in [0, 0.05) is 23.1 Å². The lowest BCUT2D eigenvalue weighted by atomic mass is 10.0. The minimum absolute atomic E-state index is 0.950. The molecule has 2 aromatic rings. The zero-order valence-electron chi connectivity index (χ0n) is 10.4. The molecule has 0 amide bonds. The number of aromatic nitrogens is 1. The fourth-order valence-corrected chi connectivity index (χ4v) is 2.70. The number of fused-ring (bicyclic) bond motifs is 3. The molecule has 0 saturated carbocycles. The van der Waals surface area contributed by atoms with E-state index in [0.717, 1.165) is 25.3 Å². The highest BCUT2D eigenvalue weighted by Gasteiger charge is 2.15. The molecule has 3 rings (SSSR count). The lowest BCUT2D eigenvalue weighted by molar-refractivity contribution is 0.415. The van der Waals surface area contributed by atoms with Gasteiger partial charge in [-0.05, 0) is 49.6 Å². The monoisotopic (exact) mass is 230 g/mol. The van der Waals surface area contributed by atoms with Crippen LogP contribution >= 0.6 is 0 Å². The van der Waals surface area contributed by atoms with Gasteiger partial charge in [0.05, 0.1) is 7.11 Å². The molecule has 0 spiro atoms. The summed E-state index contributed by atoms with van der Waals surface area (Å²) in [7, 11) is 1.73. The van der Waals surface area contributed by atoms with E-state index in [1.165, 1.54) is 34.1 Å². The molecule has 1 aromatic heterocycles. The van der Waals surface area contributed by atoms with Crippen LogP contribution in [0.15, 0.2) is 12.1 Å². The molecule has 2 N–H and O–H groups in total. The molecule has 0 atom stereocenters. The number of benzene rings is 1. The van der Waals surface area contributed by atoms with Crippen LogP contribution in [0.25, 0.3) is 10.9 Å². The van der Waals surface area contributed by atoms with Gasteiger partial charge in [-0.1, -0.05) is 0 Å². The molecular weight excluding hydrogens is 212 g/mol. The Morgan fingerprint density at radius 1 is 1.29 bits per heavy atom. The Bertz CT molecular complexity index is 557. The fraction of sp³-hybridized carbons (Fsp3) is 0.429. The third-order valence-corrected chi connectivity index (χ3v) is 3.59. The van der Waals surface area contributed by atoms with Crippen molar-refractivity contribution in [1.82, 2.24) is 10.3 Å². The van der Waals surface area contributed by atoms with E-state index < -0.39 is 0 Å². The topological polar surface area (TPSA) is 37.0 Å². The van der Waals surface area contributed by atoms with Crippen LogP contribution in [0.5, 0.6) is 5.75 Å². The van der Waals surface area contributed by atoms with Gasteiger partial charge in [-0.25, -0.2) is 0 Å². The van der Waals surface area contributed by atoms with Crippen molar-refractivity contribution in [3.63, 3.8) is 0 Å². The Labute approximate surface area is 101 Å². The summed E-state index contributed by atoms with van der Waals surface area (Å²) in [4.78, 5) is 3.56. The average Bonchev–Trinajstić information content (AvgIpc) is 2.54. The Balaban J connectivity index is 2.25. The Kier molecular flexibility index (Phi) is 2.56. The second-order valence-electron chi connectivity index (χ2n) is 4.73. The summed E-state index contributed by atoms with van der Waals surface area (Å²) in [6, 6.07) is 4.24. The maximum atomic E-state index is 5.37. The zero-order valence-corrected chi connectivity index (χ0v) is 10.4. The number of hydrogen-bond acceptors (Lipinski definition) is 2. The van der Waals surface area contributed by atoms with Crippen LogP contribution in [-0.2, 0) is 13.0 Å². The van der Waals surface area contributed by atoms with Gasteiger partial charge in [-0.15, -0.1) is 0 Å². The summed E-state index contributed by atoms with van der Waals surface area (Å²) in [5.74, 6) is 0.953. The van der Waals surface area contributed by atoms with Gasteiger partial charge in [0.25, 0.3) is 0 Å². The van der Waals surface area contributed by atoms with Crippen molar-refractivity contribution in [2.75, 3.05) is 13.7 Å². The SMILES string of the molecule is COc1cc(C)c2[nH]c3c(c2c1)CCCNC3. The Morgan fingerprint density at radius 3 is 3.00 bits per heavy atom. The predicted molar refractivity (Wildman–Crippen MR) is 69.6 cm³/mol. The van der Waals surface area contributed by atoms with E-state index in [1.807, 2.05) is 0 Å². The largest absolute Gasteiger partial charge is 0.497 e. The lowest BCUT2D eigenvalue weighted by Gasteiger charge is -2.04. The van der Waals surface area contributed by atoms with Gasteiger partial charge in [0.15, 0.2) is 0 Å². The summed E-state index contributed by atoms with van der Waals surface area (Å²) in [5.41, 5.74) is 5.33. The number of methoxy groups -OCH3 is 1. The number of ether oxygens (including phenoxy) is 1. The van der Waals surface area contributed by atoms with Crippen LogP contribution in [-0.4, -0.2) is 18.6 Å². The van der Waals surface area contributed by atoms with E-state index in [-0.39, 0.29) is 0 Å². The zero-order chi connectivity index (χ0) is 11.8. The van der Waals surface area contributed by atoms with E-state index in [0.29, 0.717) is 0 Å². The van der Waals surface area contributed by atoms with Gasteiger partial charge in [-0.3, -0.25) is 0 Å². The van der Waals surface area contributed by atoms with Crippen molar-refractivity contribution in [3.8, 4) is 5.75 Å². The highest BCUT2D eigenvalue weighted by Crippen LogP contribution is 2.31. The number of H-pyrrole nitrogens is 1. The molecule has 1 aromatic carbocycles. The van der Waals surface area contributed by atoms with Crippen molar-refractivity contribution in [1.29, 1.82) is 0 Å². The second-order valence-corrected chi connectivity index (χ2v) is 4.73. The minimum atomic E-state index is 0.950. The smallest absolute Gasteiger partial charge is 0.119 e. The lowest BCUT2D eigenvalue weighted by Crippen LogP contribution is -2.12. The summed E-state index contributed by atoms with van der Waals surface area (Å²) >= 11 is 0. The van der Waals surface area contributed by atoms with E-state index >= 15 is 0 Å². The first-order valence-electron chi connectivity index (χ1n) is 6.18. The third kappa shape index (κ3) is 1.71. The molecule has 0 saturated heterocycles. The van der Waals surface area contributed by atoms with Gasteiger partial charge in [0.1, 0.15) is 5.75 Å². The van der Waals surface area contributed by atoms with Gasteiger partial charge >= 0.3 is 0 Å². The molecule has 0 unspecified atom stereocenters. The number of aromatic amines is 1. The molecule has 3 heteroatoms. The fourth-order valence-electron chi connectivity index (χ4n) is 2.70. The van der Waals surface area contributed by atoms with Crippen molar-refractivity contribution in [3.05, 3.63) is 29.0 Å². The Morgan fingerprint density at radius 2 is 2.18 bits per heavy atom. The van der Waals surface area contributed by atoms with Crippen LogP contribution in [0.3, 0.4) is 0 Å². The summed E-state index contributed by atoms with van der Waals surface area (Å²) in [5, 5.41) is 4.78. The van der Waals surface area contributed by atoms with Crippen LogP contribution in [0, 0.1) is 6.92 Å². The standard InChI is InChI=1S/C14H18N2O/c1-9-6-10(17-2)7-12-11-4-3-5-15-8-13(11)16-14(9)12/h6-7,15-16H,3-5,8H2,1-2H3. The minimum Gasteiger partial charge on any atom is -0.497 e. The van der Waals surface area contributed by atoms with Crippen molar-refractivity contribution >= 4 is 10.9 Å². The highest BCUT2D eigenvalue weighted by atomic mass is 16.5. The molecular formula is C14H18N2O. The second kappa shape index (κ2) is 4.08. The predicted octanol–water partition coefficient (Wildman–Crippen LogP) is 2.52. The normalized spacial score (nSPS) is 15.6. The van der Waals surface area contributed by atoms with Gasteiger partial charge in [0.2, 0.25) is 0 Å². The Hall–Kier alpha value is -1.48. The first-order chi connectivity index (χ1) is 8.29. The van der Waals surface area contributed by atoms with Crippen molar-refractivity contribution in [2.24, 2.45) is 0 Å². The van der Waals surface area contributed by atoms with Gasteiger partial charge < -0.3 is 15.0 Å². The van der Waals surface area contributed by atoms with Crippen LogP contribution < -0.4 is 10.1 Å². The van der Waals surface area contributed by atoms with E-state index in [2.05, 4.69) is 29.4 Å². The highest BCUT2D eigenvalue weighted by molar-refractivity contribution is 5.88. The van der Waals surface area contributed by atoms with E-state index in [1.54, 1.807) is 7.11 Å². The molecule has 0 radical (unpaired) electrons. The molecule has 1 aliphatic rings. The van der Waals surface area contributed by atoms with Crippen LogP contribution in [0.4, 0.5) is 0 Å². The summed E-state index contributed by atoms with van der Waals surface area (Å²) in [6.45, 7) is 4.19. The molecule has 0 aliphatic carbocycles. The van der Waals surface area contributed by atoms with Crippen molar-refractivity contribution < 1.29 is 4.74 Å². The van der Waals surface area contributed by atoms with Crippen molar-refractivity contribution in [2.45, 2.75) is 26.3 Å². The number of nitrogens with one attached hydrogen (secondary N) is 2. The molecule has 1 aliphatic heterocycles. The summed E-state index contributed by atoms with van der Waals surface area (Å²) < 4.78 is 5.37.